The molecule has 2 rings (SSSR count). The second kappa shape index (κ2) is 7.20. The number of benzene rings is 2. The third-order valence-corrected chi connectivity index (χ3v) is 3.10. The van der Waals surface area contributed by atoms with E-state index in [0.717, 1.165) is 0 Å². The van der Waals surface area contributed by atoms with Gasteiger partial charge in [0.15, 0.2) is 0 Å². The molecule has 0 aliphatic heterocycles. The molecule has 0 amide bonds. The number of carbonyl (C=O) groups is 1. The van der Waals surface area contributed by atoms with Crippen molar-refractivity contribution >= 4 is 29.2 Å². The van der Waals surface area contributed by atoms with E-state index in [4.69, 9.17) is 37.8 Å². The minimum absolute atomic E-state index is 0.0820. The number of halogens is 2. The van der Waals surface area contributed by atoms with Gasteiger partial charge in [0.25, 0.3) is 0 Å². The average molecular weight is 327 g/mol. The Balaban J connectivity index is 1.79. The first-order valence-electron chi connectivity index (χ1n) is 6.10. The molecular weight excluding hydrogens is 315 g/mol. The van der Waals surface area contributed by atoms with E-state index in [1.54, 1.807) is 18.2 Å². The Hall–Kier alpha value is -1.91. The summed E-state index contributed by atoms with van der Waals surface area (Å²) in [6.07, 6.45) is 0. The molecule has 1 N–H and O–H groups in total. The molecule has 0 saturated heterocycles. The fourth-order valence-electron chi connectivity index (χ4n) is 1.56. The largest absolute Gasteiger partial charge is 0.508 e. The Kier molecular flexibility index (Phi) is 5.31. The van der Waals surface area contributed by atoms with Crippen molar-refractivity contribution in [3.05, 3.63) is 58.1 Å². The Bertz CT molecular complexity index is 626. The molecule has 4 nitrogen and oxygen atoms in total. The average Bonchev–Trinajstić information content (AvgIpc) is 2.46. The maximum Gasteiger partial charge on any atom is 0.338 e. The van der Waals surface area contributed by atoms with E-state index in [0.29, 0.717) is 21.4 Å². The first-order valence-corrected chi connectivity index (χ1v) is 6.86. The zero-order valence-electron chi connectivity index (χ0n) is 10.9. The molecule has 0 atom stereocenters. The molecular formula is C15H12Cl2O4. The molecule has 0 bridgehead atoms. The molecule has 110 valence electrons. The van der Waals surface area contributed by atoms with Crippen molar-refractivity contribution < 1.29 is 19.4 Å². The number of phenolic OH excluding ortho intramolecular Hbond substituents is 1. The zero-order chi connectivity index (χ0) is 15.2. The van der Waals surface area contributed by atoms with Crippen LogP contribution in [-0.4, -0.2) is 24.3 Å². The lowest BCUT2D eigenvalue weighted by molar-refractivity contribution is 0.0450. The highest BCUT2D eigenvalue weighted by Gasteiger charge is 2.07. The van der Waals surface area contributed by atoms with Crippen LogP contribution in [0.4, 0.5) is 0 Å². The van der Waals surface area contributed by atoms with Gasteiger partial charge in [-0.1, -0.05) is 23.2 Å². The van der Waals surface area contributed by atoms with Crippen LogP contribution in [0.2, 0.25) is 10.0 Å². The van der Waals surface area contributed by atoms with Gasteiger partial charge in [0.05, 0.1) is 10.6 Å². The zero-order valence-corrected chi connectivity index (χ0v) is 12.4. The van der Waals surface area contributed by atoms with Gasteiger partial charge in [-0.25, -0.2) is 4.79 Å². The summed E-state index contributed by atoms with van der Waals surface area (Å²) in [5, 5.41) is 10.0. The summed E-state index contributed by atoms with van der Waals surface area (Å²) in [6.45, 7) is 0.254. The van der Waals surface area contributed by atoms with Crippen molar-refractivity contribution in [2.45, 2.75) is 0 Å². The molecule has 0 spiro atoms. The molecule has 2 aromatic carbocycles. The number of carbonyl (C=O) groups excluding carboxylic acids is 1. The minimum atomic E-state index is -0.485. The highest BCUT2D eigenvalue weighted by atomic mass is 35.5. The summed E-state index contributed by atoms with van der Waals surface area (Å²) in [7, 11) is 0. The lowest BCUT2D eigenvalue weighted by atomic mass is 10.2. The molecule has 0 heterocycles. The lowest BCUT2D eigenvalue weighted by Gasteiger charge is -2.09. The first-order chi connectivity index (χ1) is 10.1. The van der Waals surface area contributed by atoms with Crippen LogP contribution in [0.15, 0.2) is 42.5 Å². The third-order valence-electron chi connectivity index (χ3n) is 2.57. The van der Waals surface area contributed by atoms with Gasteiger partial charge in [-0.3, -0.25) is 0 Å². The molecule has 0 aliphatic rings. The Morgan fingerprint density at radius 1 is 1.05 bits per heavy atom. The van der Waals surface area contributed by atoms with Crippen LogP contribution < -0.4 is 4.74 Å². The second-order valence-electron chi connectivity index (χ2n) is 4.11. The number of hydrogen-bond acceptors (Lipinski definition) is 4. The molecule has 0 fully saturated rings. The quantitative estimate of drug-likeness (QED) is 0.668. The number of ether oxygens (including phenoxy) is 2. The van der Waals surface area contributed by atoms with E-state index in [1.807, 2.05) is 0 Å². The van der Waals surface area contributed by atoms with Gasteiger partial charge in [0, 0.05) is 5.02 Å². The maximum atomic E-state index is 11.7. The molecule has 6 heteroatoms. The predicted molar refractivity (Wildman–Crippen MR) is 80.3 cm³/mol. The number of phenols is 1. The van der Waals surface area contributed by atoms with Crippen LogP contribution in [-0.2, 0) is 4.74 Å². The normalized spacial score (nSPS) is 10.2. The van der Waals surface area contributed by atoms with Gasteiger partial charge in [-0.05, 0) is 42.5 Å². The van der Waals surface area contributed by atoms with E-state index in [9.17, 15) is 4.79 Å². The fraction of sp³-hybridized carbons (Fsp3) is 0.133. The van der Waals surface area contributed by atoms with Gasteiger partial charge >= 0.3 is 5.97 Å². The molecule has 0 aromatic heterocycles. The summed E-state index contributed by atoms with van der Waals surface area (Å²) in [4.78, 5) is 11.7. The minimum Gasteiger partial charge on any atom is -0.508 e. The fourth-order valence-corrected chi connectivity index (χ4v) is 2.02. The van der Waals surface area contributed by atoms with Crippen molar-refractivity contribution in [3.63, 3.8) is 0 Å². The monoisotopic (exact) mass is 326 g/mol. The van der Waals surface area contributed by atoms with Crippen LogP contribution in [0.25, 0.3) is 0 Å². The topological polar surface area (TPSA) is 55.8 Å². The predicted octanol–water partition coefficient (Wildman–Crippen LogP) is 3.93. The van der Waals surface area contributed by atoms with Crippen LogP contribution in [0.1, 0.15) is 10.4 Å². The van der Waals surface area contributed by atoms with Crippen LogP contribution in [0.3, 0.4) is 0 Å². The summed E-state index contributed by atoms with van der Waals surface area (Å²) >= 11 is 11.7. The first kappa shape index (κ1) is 15.5. The highest BCUT2D eigenvalue weighted by Crippen LogP contribution is 2.27. The maximum absolute atomic E-state index is 11.7. The Labute approximate surface area is 131 Å². The third kappa shape index (κ3) is 4.55. The van der Waals surface area contributed by atoms with E-state index in [-0.39, 0.29) is 19.0 Å². The van der Waals surface area contributed by atoms with Gasteiger partial charge in [0.2, 0.25) is 0 Å². The molecule has 0 aliphatic carbocycles. The second-order valence-corrected chi connectivity index (χ2v) is 4.95. The summed E-state index contributed by atoms with van der Waals surface area (Å²) < 4.78 is 10.4. The van der Waals surface area contributed by atoms with Crippen LogP contribution >= 0.6 is 23.2 Å². The van der Waals surface area contributed by atoms with Crippen LogP contribution in [0.5, 0.6) is 11.5 Å². The number of aromatic hydroxyl groups is 1. The summed E-state index contributed by atoms with van der Waals surface area (Å²) in [5.41, 5.74) is 0.359. The Morgan fingerprint density at radius 2 is 1.76 bits per heavy atom. The van der Waals surface area contributed by atoms with Crippen molar-refractivity contribution in [1.82, 2.24) is 0 Å². The van der Waals surface area contributed by atoms with Gasteiger partial charge in [0.1, 0.15) is 24.7 Å². The highest BCUT2D eigenvalue weighted by molar-refractivity contribution is 6.35. The van der Waals surface area contributed by atoms with Gasteiger partial charge < -0.3 is 14.6 Å². The number of rotatable bonds is 5. The molecule has 0 radical (unpaired) electrons. The standard InChI is InChI=1S/C15H12Cl2O4/c16-11-3-6-14(13(17)9-11)20-7-8-21-15(19)10-1-4-12(18)5-2-10/h1-6,9,18H,7-8H2. The van der Waals surface area contributed by atoms with Gasteiger partial charge in [-0.15, -0.1) is 0 Å². The smallest absolute Gasteiger partial charge is 0.338 e. The van der Waals surface area contributed by atoms with Gasteiger partial charge in [-0.2, -0.15) is 0 Å². The molecule has 2 aromatic rings. The molecule has 0 saturated carbocycles. The molecule has 21 heavy (non-hydrogen) atoms. The van der Waals surface area contributed by atoms with Crippen molar-refractivity contribution in [3.8, 4) is 11.5 Å². The van der Waals surface area contributed by atoms with E-state index in [1.165, 1.54) is 24.3 Å². The Morgan fingerprint density at radius 3 is 2.43 bits per heavy atom. The SMILES string of the molecule is O=C(OCCOc1ccc(Cl)cc1Cl)c1ccc(O)cc1. The summed E-state index contributed by atoms with van der Waals surface area (Å²) in [6, 6.07) is 10.7. The van der Waals surface area contributed by atoms with Crippen molar-refractivity contribution in [2.75, 3.05) is 13.2 Å². The van der Waals surface area contributed by atoms with Crippen molar-refractivity contribution in [1.29, 1.82) is 0 Å². The van der Waals surface area contributed by atoms with Crippen molar-refractivity contribution in [2.24, 2.45) is 0 Å². The number of hydrogen-bond donors (Lipinski definition) is 1. The summed E-state index contributed by atoms with van der Waals surface area (Å²) in [5.74, 6) is 0.0785. The van der Waals surface area contributed by atoms with E-state index < -0.39 is 5.97 Å². The number of esters is 1. The van der Waals surface area contributed by atoms with E-state index in [2.05, 4.69) is 0 Å². The molecule has 0 unspecified atom stereocenters. The van der Waals surface area contributed by atoms with E-state index >= 15 is 0 Å². The van der Waals surface area contributed by atoms with Crippen LogP contribution in [0, 0.1) is 0 Å². The lowest BCUT2D eigenvalue weighted by Crippen LogP contribution is -2.12.